The summed E-state index contributed by atoms with van der Waals surface area (Å²) in [7, 11) is 0. The van der Waals surface area contributed by atoms with E-state index in [9.17, 15) is 5.11 Å². The van der Waals surface area contributed by atoms with Crippen LogP contribution in [0, 0.1) is 17.3 Å². The smallest absolute Gasteiger partial charge is 0.0681 e. The van der Waals surface area contributed by atoms with Gasteiger partial charge < -0.3 is 9.84 Å². The van der Waals surface area contributed by atoms with Crippen molar-refractivity contribution in [3.8, 4) is 0 Å². The van der Waals surface area contributed by atoms with E-state index in [1.807, 2.05) is 0 Å². The van der Waals surface area contributed by atoms with Gasteiger partial charge in [-0.1, -0.05) is 58.6 Å². The Hall–Kier alpha value is -0.340. The second kappa shape index (κ2) is 10.4. The summed E-state index contributed by atoms with van der Waals surface area (Å²) in [6.45, 7) is 9.85. The number of hydrogen-bond acceptors (Lipinski definition) is 2. The van der Waals surface area contributed by atoms with Crippen LogP contribution in [0.5, 0.6) is 0 Å². The first-order chi connectivity index (χ1) is 10.6. The molecule has 0 heterocycles. The molecule has 1 rings (SSSR count). The zero-order chi connectivity index (χ0) is 16.4. The zero-order valence-corrected chi connectivity index (χ0v) is 15.3. The van der Waals surface area contributed by atoms with Crippen LogP contribution in [0.3, 0.4) is 0 Å². The molecule has 0 amide bonds. The molecule has 0 radical (unpaired) electrons. The van der Waals surface area contributed by atoms with E-state index < -0.39 is 0 Å². The van der Waals surface area contributed by atoms with Crippen molar-refractivity contribution in [1.82, 2.24) is 0 Å². The minimum Gasteiger partial charge on any atom is -0.396 e. The normalized spacial score (nSPS) is 28.3. The van der Waals surface area contributed by atoms with Crippen molar-refractivity contribution in [2.45, 2.75) is 85.2 Å². The monoisotopic (exact) mass is 310 g/mol. The predicted octanol–water partition coefficient (Wildman–Crippen LogP) is 5.35. The maximum absolute atomic E-state index is 9.88. The average Bonchev–Trinajstić information content (AvgIpc) is 2.49. The van der Waals surface area contributed by atoms with Gasteiger partial charge in [-0.3, -0.25) is 0 Å². The van der Waals surface area contributed by atoms with Crippen LogP contribution in [-0.2, 0) is 4.74 Å². The minimum atomic E-state index is 0.175. The standard InChI is InChI=1S/C20H38O2/c1-5-7-8-9-10-11-12-13-17-14-15-20(3,4)19(22-6-2)18(17)16-21/h12-13,17-19,21H,5-11,14-16H2,1-4H3. The van der Waals surface area contributed by atoms with Crippen LogP contribution in [-0.4, -0.2) is 24.4 Å². The molecule has 22 heavy (non-hydrogen) atoms. The summed E-state index contributed by atoms with van der Waals surface area (Å²) >= 11 is 0. The van der Waals surface area contributed by atoms with Gasteiger partial charge in [-0.2, -0.15) is 0 Å². The number of rotatable bonds is 10. The molecule has 2 nitrogen and oxygen atoms in total. The van der Waals surface area contributed by atoms with Gasteiger partial charge in [0.15, 0.2) is 0 Å². The number of unbranched alkanes of at least 4 members (excludes halogenated alkanes) is 5. The molecule has 0 saturated heterocycles. The summed E-state index contributed by atoms with van der Waals surface area (Å²) in [5, 5.41) is 9.88. The Bertz CT molecular complexity index is 309. The van der Waals surface area contributed by atoms with Crippen molar-refractivity contribution in [2.24, 2.45) is 17.3 Å². The lowest BCUT2D eigenvalue weighted by Gasteiger charge is -2.46. The van der Waals surface area contributed by atoms with E-state index in [2.05, 4.69) is 39.8 Å². The second-order valence-corrected chi connectivity index (χ2v) is 7.54. The molecular formula is C20H38O2. The van der Waals surface area contributed by atoms with Gasteiger partial charge in [0, 0.05) is 19.1 Å². The summed E-state index contributed by atoms with van der Waals surface area (Å²) in [6, 6.07) is 0. The highest BCUT2D eigenvalue weighted by Gasteiger charge is 2.43. The number of ether oxygens (including phenoxy) is 1. The third-order valence-electron chi connectivity index (χ3n) is 5.25. The van der Waals surface area contributed by atoms with Gasteiger partial charge in [0.2, 0.25) is 0 Å². The molecule has 1 aliphatic rings. The van der Waals surface area contributed by atoms with Crippen LogP contribution in [0.2, 0.25) is 0 Å². The fourth-order valence-electron chi connectivity index (χ4n) is 3.83. The molecule has 0 bridgehead atoms. The van der Waals surface area contributed by atoms with Gasteiger partial charge in [0.05, 0.1) is 6.10 Å². The van der Waals surface area contributed by atoms with Crippen LogP contribution in [0.1, 0.15) is 79.1 Å². The fourth-order valence-corrected chi connectivity index (χ4v) is 3.83. The molecule has 0 aromatic carbocycles. The Morgan fingerprint density at radius 3 is 2.50 bits per heavy atom. The molecule has 3 atom stereocenters. The van der Waals surface area contributed by atoms with Crippen molar-refractivity contribution in [1.29, 1.82) is 0 Å². The van der Waals surface area contributed by atoms with Gasteiger partial charge in [0.1, 0.15) is 0 Å². The molecule has 130 valence electrons. The van der Waals surface area contributed by atoms with Gasteiger partial charge in [-0.05, 0) is 43.9 Å². The van der Waals surface area contributed by atoms with Crippen LogP contribution in [0.15, 0.2) is 12.2 Å². The second-order valence-electron chi connectivity index (χ2n) is 7.54. The molecule has 1 N–H and O–H groups in total. The molecule has 1 fully saturated rings. The Balaban J connectivity index is 2.48. The summed E-state index contributed by atoms with van der Waals surface area (Å²) in [5.41, 5.74) is 0.175. The molecule has 0 aliphatic heterocycles. The lowest BCUT2D eigenvalue weighted by molar-refractivity contribution is -0.107. The molecule has 3 unspecified atom stereocenters. The highest BCUT2D eigenvalue weighted by Crippen LogP contribution is 2.44. The van der Waals surface area contributed by atoms with Gasteiger partial charge in [-0.25, -0.2) is 0 Å². The lowest BCUT2D eigenvalue weighted by atomic mass is 9.65. The molecule has 0 aromatic heterocycles. The van der Waals surface area contributed by atoms with E-state index in [-0.39, 0.29) is 24.0 Å². The summed E-state index contributed by atoms with van der Waals surface area (Å²) in [5.74, 6) is 0.727. The van der Waals surface area contributed by atoms with Crippen LogP contribution in [0.25, 0.3) is 0 Å². The fraction of sp³-hybridized carbons (Fsp3) is 0.900. The maximum Gasteiger partial charge on any atom is 0.0681 e. The Morgan fingerprint density at radius 1 is 1.14 bits per heavy atom. The van der Waals surface area contributed by atoms with Crippen molar-refractivity contribution < 1.29 is 9.84 Å². The van der Waals surface area contributed by atoms with Crippen LogP contribution < -0.4 is 0 Å². The van der Waals surface area contributed by atoms with E-state index in [0.717, 1.165) is 6.61 Å². The van der Waals surface area contributed by atoms with E-state index in [4.69, 9.17) is 4.74 Å². The molecule has 2 heteroatoms. The number of allylic oxidation sites excluding steroid dienone is 2. The van der Waals surface area contributed by atoms with Gasteiger partial charge in [0.25, 0.3) is 0 Å². The topological polar surface area (TPSA) is 29.5 Å². The number of hydrogen-bond donors (Lipinski definition) is 1. The van der Waals surface area contributed by atoms with Crippen LogP contribution in [0.4, 0.5) is 0 Å². The van der Waals surface area contributed by atoms with Crippen molar-refractivity contribution >= 4 is 0 Å². The molecule has 1 saturated carbocycles. The van der Waals surface area contributed by atoms with Crippen molar-refractivity contribution in [3.63, 3.8) is 0 Å². The number of aliphatic hydroxyl groups is 1. The van der Waals surface area contributed by atoms with Gasteiger partial charge in [-0.15, -0.1) is 0 Å². The summed E-state index contributed by atoms with van der Waals surface area (Å²) in [6.07, 6.45) is 15.1. The first-order valence-corrected chi connectivity index (χ1v) is 9.46. The highest BCUT2D eigenvalue weighted by molar-refractivity contribution is 5.01. The van der Waals surface area contributed by atoms with E-state index >= 15 is 0 Å². The lowest BCUT2D eigenvalue weighted by Crippen LogP contribution is -2.47. The number of aliphatic hydroxyl groups excluding tert-OH is 1. The molecular weight excluding hydrogens is 272 g/mol. The zero-order valence-electron chi connectivity index (χ0n) is 15.3. The highest BCUT2D eigenvalue weighted by atomic mass is 16.5. The van der Waals surface area contributed by atoms with E-state index in [0.29, 0.717) is 5.92 Å². The largest absolute Gasteiger partial charge is 0.396 e. The average molecular weight is 311 g/mol. The quantitative estimate of drug-likeness (QED) is 0.435. The van der Waals surface area contributed by atoms with E-state index in [1.165, 1.54) is 51.4 Å². The maximum atomic E-state index is 9.88. The third-order valence-corrected chi connectivity index (χ3v) is 5.25. The molecule has 0 spiro atoms. The minimum absolute atomic E-state index is 0.175. The van der Waals surface area contributed by atoms with Crippen molar-refractivity contribution in [2.75, 3.05) is 13.2 Å². The SMILES string of the molecule is CCCCCCCC=CC1CCC(C)(C)C(OCC)C1CO. The summed E-state index contributed by atoms with van der Waals surface area (Å²) < 4.78 is 6.01. The summed E-state index contributed by atoms with van der Waals surface area (Å²) in [4.78, 5) is 0. The first-order valence-electron chi connectivity index (χ1n) is 9.46. The Labute approximate surface area is 138 Å². The van der Waals surface area contributed by atoms with E-state index in [1.54, 1.807) is 0 Å². The van der Waals surface area contributed by atoms with Crippen molar-refractivity contribution in [3.05, 3.63) is 12.2 Å². The van der Waals surface area contributed by atoms with Crippen LogP contribution >= 0.6 is 0 Å². The third kappa shape index (κ3) is 6.04. The van der Waals surface area contributed by atoms with Gasteiger partial charge >= 0.3 is 0 Å². The predicted molar refractivity (Wildman–Crippen MR) is 95.0 cm³/mol. The Morgan fingerprint density at radius 2 is 1.86 bits per heavy atom. The first kappa shape index (κ1) is 19.7. The Kier molecular flexibility index (Phi) is 9.35. The molecule has 0 aromatic rings. The molecule has 1 aliphatic carbocycles.